The predicted molar refractivity (Wildman–Crippen MR) is 117 cm³/mol. The number of ether oxygens (including phenoxy) is 1. The highest BCUT2D eigenvalue weighted by Gasteiger charge is 2.19. The van der Waals surface area contributed by atoms with Crippen LogP contribution in [0.1, 0.15) is 18.1 Å². The molecule has 158 valence electrons. The minimum atomic E-state index is -0.242. The first-order valence-corrected chi connectivity index (χ1v) is 10.5. The van der Waals surface area contributed by atoms with Crippen LogP contribution in [0.5, 0.6) is 0 Å². The van der Waals surface area contributed by atoms with E-state index in [1.54, 1.807) is 12.1 Å². The average Bonchev–Trinajstić information content (AvgIpc) is 3.09. The minimum Gasteiger partial charge on any atom is -0.379 e. The zero-order valence-corrected chi connectivity index (χ0v) is 17.5. The predicted octanol–water partition coefficient (Wildman–Crippen LogP) is 3.87. The molecule has 3 aromatic rings. The SMILES string of the molecule is Cc1c(-c2ccc(F)cc2)[nH]c2ccc(CNC(=O)C(C)CN3CCOCC3)cc12. The van der Waals surface area contributed by atoms with Gasteiger partial charge in [-0.15, -0.1) is 0 Å². The van der Waals surface area contributed by atoms with Crippen molar-refractivity contribution in [1.29, 1.82) is 0 Å². The zero-order valence-electron chi connectivity index (χ0n) is 17.5. The summed E-state index contributed by atoms with van der Waals surface area (Å²) < 4.78 is 18.6. The number of nitrogens with one attached hydrogen (secondary N) is 2. The molecule has 2 heterocycles. The van der Waals surface area contributed by atoms with Crippen molar-refractivity contribution in [3.05, 3.63) is 59.4 Å². The summed E-state index contributed by atoms with van der Waals surface area (Å²) in [6.45, 7) is 8.54. The fraction of sp³-hybridized carbons (Fsp3) is 0.375. The number of morpholine rings is 1. The molecule has 1 aliphatic heterocycles. The quantitative estimate of drug-likeness (QED) is 0.650. The number of nitrogens with zero attached hydrogens (tertiary/aromatic N) is 1. The molecule has 1 aliphatic rings. The van der Waals surface area contributed by atoms with Crippen LogP contribution in [0.2, 0.25) is 0 Å². The summed E-state index contributed by atoms with van der Waals surface area (Å²) in [4.78, 5) is 18.2. The first-order valence-electron chi connectivity index (χ1n) is 10.5. The van der Waals surface area contributed by atoms with Crippen LogP contribution in [0.25, 0.3) is 22.2 Å². The molecule has 0 aliphatic carbocycles. The molecule has 2 aromatic carbocycles. The first kappa shape index (κ1) is 20.6. The summed E-state index contributed by atoms with van der Waals surface area (Å²) in [5, 5.41) is 4.18. The largest absolute Gasteiger partial charge is 0.379 e. The molecular weight excluding hydrogens is 381 g/mol. The van der Waals surface area contributed by atoms with Gasteiger partial charge >= 0.3 is 0 Å². The van der Waals surface area contributed by atoms with Crippen molar-refractivity contribution >= 4 is 16.8 Å². The lowest BCUT2D eigenvalue weighted by Gasteiger charge is -2.28. The third-order valence-electron chi connectivity index (χ3n) is 5.81. The van der Waals surface area contributed by atoms with E-state index in [0.29, 0.717) is 6.54 Å². The first-order chi connectivity index (χ1) is 14.5. The van der Waals surface area contributed by atoms with Gasteiger partial charge in [0.15, 0.2) is 0 Å². The van der Waals surface area contributed by atoms with Crippen molar-refractivity contribution in [2.24, 2.45) is 5.92 Å². The van der Waals surface area contributed by atoms with Crippen LogP contribution < -0.4 is 5.32 Å². The molecule has 5 nitrogen and oxygen atoms in total. The van der Waals surface area contributed by atoms with Gasteiger partial charge in [-0.3, -0.25) is 9.69 Å². The Morgan fingerprint density at radius 3 is 2.67 bits per heavy atom. The fourth-order valence-corrected chi connectivity index (χ4v) is 4.01. The smallest absolute Gasteiger partial charge is 0.224 e. The van der Waals surface area contributed by atoms with Crippen LogP contribution in [-0.2, 0) is 16.1 Å². The molecule has 1 atom stereocenters. The Bertz CT molecular complexity index is 1020. The van der Waals surface area contributed by atoms with Gasteiger partial charge in [0.1, 0.15) is 5.82 Å². The second-order valence-electron chi connectivity index (χ2n) is 8.04. The third-order valence-corrected chi connectivity index (χ3v) is 5.81. The lowest BCUT2D eigenvalue weighted by Crippen LogP contribution is -2.42. The third kappa shape index (κ3) is 4.55. The Morgan fingerprint density at radius 1 is 1.20 bits per heavy atom. The lowest BCUT2D eigenvalue weighted by atomic mass is 10.0. The molecule has 30 heavy (non-hydrogen) atoms. The maximum Gasteiger partial charge on any atom is 0.224 e. The van der Waals surface area contributed by atoms with Crippen molar-refractivity contribution in [1.82, 2.24) is 15.2 Å². The molecule has 1 fully saturated rings. The number of carbonyl (C=O) groups excluding carboxylic acids is 1. The molecule has 1 unspecified atom stereocenters. The maximum absolute atomic E-state index is 13.2. The molecule has 1 aromatic heterocycles. The molecule has 4 rings (SSSR count). The standard InChI is InChI=1S/C24H28FN3O2/c1-16(15-28-9-11-30-12-10-28)24(29)26-14-18-3-8-22-21(13-18)17(2)23(27-22)19-4-6-20(25)7-5-19/h3-8,13,16,27H,9-12,14-15H2,1-2H3,(H,26,29). The number of halogens is 1. The lowest BCUT2D eigenvalue weighted by molar-refractivity contribution is -0.125. The Morgan fingerprint density at radius 2 is 1.93 bits per heavy atom. The second-order valence-corrected chi connectivity index (χ2v) is 8.04. The summed E-state index contributed by atoms with van der Waals surface area (Å²) >= 11 is 0. The van der Waals surface area contributed by atoms with Crippen LogP contribution >= 0.6 is 0 Å². The highest BCUT2D eigenvalue weighted by atomic mass is 19.1. The number of H-pyrrole nitrogens is 1. The van der Waals surface area contributed by atoms with Crippen LogP contribution in [0.15, 0.2) is 42.5 Å². The highest BCUT2D eigenvalue weighted by molar-refractivity contribution is 5.91. The fourth-order valence-electron chi connectivity index (χ4n) is 4.01. The van der Waals surface area contributed by atoms with E-state index in [1.165, 1.54) is 12.1 Å². The summed E-state index contributed by atoms with van der Waals surface area (Å²) in [7, 11) is 0. The topological polar surface area (TPSA) is 57.4 Å². The number of rotatable bonds is 6. The van der Waals surface area contributed by atoms with Crippen LogP contribution in [0.4, 0.5) is 4.39 Å². The average molecular weight is 410 g/mol. The van der Waals surface area contributed by atoms with Crippen molar-refractivity contribution < 1.29 is 13.9 Å². The van der Waals surface area contributed by atoms with E-state index < -0.39 is 0 Å². The van der Waals surface area contributed by atoms with Gasteiger partial charge in [0, 0.05) is 48.7 Å². The van der Waals surface area contributed by atoms with E-state index in [-0.39, 0.29) is 17.6 Å². The molecule has 0 spiro atoms. The number of amides is 1. The molecule has 1 amide bonds. The highest BCUT2D eigenvalue weighted by Crippen LogP contribution is 2.30. The molecule has 6 heteroatoms. The normalized spacial score (nSPS) is 16.0. The number of hydrogen-bond acceptors (Lipinski definition) is 3. The monoisotopic (exact) mass is 409 g/mol. The summed E-state index contributed by atoms with van der Waals surface area (Å²) in [5.74, 6) is -0.237. The minimum absolute atomic E-state index is 0.0640. The molecule has 0 radical (unpaired) electrons. The van der Waals surface area contributed by atoms with Crippen molar-refractivity contribution in [3.63, 3.8) is 0 Å². The Labute approximate surface area is 176 Å². The second kappa shape index (κ2) is 8.98. The van der Waals surface area contributed by atoms with Crippen LogP contribution in [0.3, 0.4) is 0 Å². The van der Waals surface area contributed by atoms with Gasteiger partial charge in [-0.2, -0.15) is 0 Å². The number of carbonyl (C=O) groups is 1. The Hall–Kier alpha value is -2.70. The van der Waals surface area contributed by atoms with Gasteiger partial charge in [0.2, 0.25) is 5.91 Å². The summed E-state index contributed by atoms with van der Waals surface area (Å²) in [6, 6.07) is 12.7. The van der Waals surface area contributed by atoms with E-state index in [2.05, 4.69) is 28.2 Å². The number of fused-ring (bicyclic) bond motifs is 1. The number of aromatic nitrogens is 1. The summed E-state index contributed by atoms with van der Waals surface area (Å²) in [5.41, 5.74) is 5.15. The number of hydrogen-bond donors (Lipinski definition) is 2. The van der Waals surface area contributed by atoms with Gasteiger partial charge in [0.25, 0.3) is 0 Å². The number of aromatic amines is 1. The van der Waals surface area contributed by atoms with Crippen molar-refractivity contribution in [2.45, 2.75) is 20.4 Å². The summed E-state index contributed by atoms with van der Waals surface area (Å²) in [6.07, 6.45) is 0. The van der Waals surface area contributed by atoms with E-state index >= 15 is 0 Å². The van der Waals surface area contributed by atoms with Gasteiger partial charge in [0.05, 0.1) is 13.2 Å². The number of aryl methyl sites for hydroxylation is 1. The van der Waals surface area contributed by atoms with Gasteiger partial charge < -0.3 is 15.0 Å². The number of benzene rings is 2. The van der Waals surface area contributed by atoms with E-state index in [1.807, 2.05) is 19.1 Å². The van der Waals surface area contributed by atoms with Gasteiger partial charge in [-0.1, -0.05) is 13.0 Å². The van der Waals surface area contributed by atoms with Crippen molar-refractivity contribution in [2.75, 3.05) is 32.8 Å². The molecule has 2 N–H and O–H groups in total. The Kier molecular flexibility index (Phi) is 6.16. The van der Waals surface area contributed by atoms with Gasteiger partial charge in [-0.25, -0.2) is 4.39 Å². The molecule has 1 saturated heterocycles. The van der Waals surface area contributed by atoms with Crippen molar-refractivity contribution in [3.8, 4) is 11.3 Å². The molecule has 0 bridgehead atoms. The van der Waals surface area contributed by atoms with Crippen LogP contribution in [0, 0.1) is 18.7 Å². The molecule has 0 saturated carbocycles. The Balaban J connectivity index is 1.42. The van der Waals surface area contributed by atoms with E-state index in [0.717, 1.165) is 66.1 Å². The molecular formula is C24H28FN3O2. The van der Waals surface area contributed by atoms with E-state index in [4.69, 9.17) is 4.74 Å². The van der Waals surface area contributed by atoms with E-state index in [9.17, 15) is 9.18 Å². The zero-order chi connectivity index (χ0) is 21.1. The maximum atomic E-state index is 13.2. The van der Waals surface area contributed by atoms with Crippen LogP contribution in [-0.4, -0.2) is 48.6 Å². The van der Waals surface area contributed by atoms with Gasteiger partial charge in [-0.05, 0) is 60.0 Å².